The van der Waals surface area contributed by atoms with E-state index in [1.165, 1.54) is 25.8 Å². The third kappa shape index (κ3) is 4.85. The van der Waals surface area contributed by atoms with Crippen LogP contribution in [0, 0.1) is 11.8 Å². The average molecular weight is 382 g/mol. The van der Waals surface area contributed by atoms with Gasteiger partial charge in [0.15, 0.2) is 0 Å². The highest BCUT2D eigenvalue weighted by atomic mass is 32.1. The molecule has 2 aromatic rings. The fourth-order valence-electron chi connectivity index (χ4n) is 4.12. The summed E-state index contributed by atoms with van der Waals surface area (Å²) in [6.07, 6.45) is 10.3. The number of benzene rings is 1. The van der Waals surface area contributed by atoms with E-state index in [9.17, 15) is 4.79 Å². The summed E-state index contributed by atoms with van der Waals surface area (Å²) in [5.41, 5.74) is 4.70. The van der Waals surface area contributed by atoms with Crippen molar-refractivity contribution in [3.05, 3.63) is 47.3 Å². The Kier molecular flexibility index (Phi) is 6.00. The molecule has 0 radical (unpaired) electrons. The van der Waals surface area contributed by atoms with Crippen LogP contribution in [0.3, 0.4) is 0 Å². The number of carbonyl (C=O) groups excluding carboxylic acids is 1. The highest BCUT2D eigenvalue weighted by molar-refractivity contribution is 7.07. The molecule has 27 heavy (non-hydrogen) atoms. The Morgan fingerprint density at radius 3 is 2.85 bits per heavy atom. The Morgan fingerprint density at radius 1 is 1.22 bits per heavy atom. The van der Waals surface area contributed by atoms with Gasteiger partial charge in [0, 0.05) is 29.1 Å². The molecule has 1 aliphatic heterocycles. The number of piperidine rings is 1. The van der Waals surface area contributed by atoms with Crippen molar-refractivity contribution in [2.75, 3.05) is 25.0 Å². The lowest BCUT2D eigenvalue weighted by Gasteiger charge is -2.34. The first-order chi connectivity index (χ1) is 13.3. The molecule has 1 saturated heterocycles. The summed E-state index contributed by atoms with van der Waals surface area (Å²) in [6.45, 7) is 3.27. The monoisotopic (exact) mass is 381 g/mol. The number of rotatable bonds is 5. The van der Waals surface area contributed by atoms with Crippen LogP contribution in [0.4, 0.5) is 5.69 Å². The van der Waals surface area contributed by atoms with Crippen molar-refractivity contribution in [3.8, 4) is 11.3 Å². The molecule has 2 heterocycles. The number of hydrogen-bond donors (Lipinski definition) is 1. The van der Waals surface area contributed by atoms with Crippen LogP contribution in [0.15, 0.2) is 47.3 Å². The van der Waals surface area contributed by atoms with Gasteiger partial charge in [-0.25, -0.2) is 4.98 Å². The zero-order valence-corrected chi connectivity index (χ0v) is 16.5. The maximum Gasteiger partial charge on any atom is 0.227 e. The van der Waals surface area contributed by atoms with Crippen LogP contribution >= 0.6 is 11.3 Å². The van der Waals surface area contributed by atoms with Crippen molar-refractivity contribution in [2.24, 2.45) is 11.8 Å². The minimum atomic E-state index is 0.121. The predicted molar refractivity (Wildman–Crippen MR) is 112 cm³/mol. The second-order valence-corrected chi connectivity index (χ2v) is 8.39. The molecular weight excluding hydrogens is 354 g/mol. The van der Waals surface area contributed by atoms with E-state index in [1.54, 1.807) is 11.3 Å². The number of nitrogens with one attached hydrogen (secondary N) is 1. The molecule has 0 spiro atoms. The molecule has 1 N–H and O–H groups in total. The van der Waals surface area contributed by atoms with Gasteiger partial charge >= 0.3 is 0 Å². The molecular formula is C22H27N3OS. The number of carbonyl (C=O) groups is 1. The molecule has 5 heteroatoms. The maximum atomic E-state index is 12.7. The Labute approximate surface area is 165 Å². The van der Waals surface area contributed by atoms with Crippen molar-refractivity contribution in [3.63, 3.8) is 0 Å². The van der Waals surface area contributed by atoms with Gasteiger partial charge in [0.05, 0.1) is 11.2 Å². The van der Waals surface area contributed by atoms with Crippen LogP contribution in [-0.2, 0) is 4.79 Å². The molecule has 0 bridgehead atoms. The summed E-state index contributed by atoms with van der Waals surface area (Å²) < 4.78 is 0. The zero-order valence-electron chi connectivity index (χ0n) is 15.6. The summed E-state index contributed by atoms with van der Waals surface area (Å²) >= 11 is 1.58. The summed E-state index contributed by atoms with van der Waals surface area (Å²) in [6, 6.07) is 7.98. The van der Waals surface area contributed by atoms with E-state index in [2.05, 4.69) is 27.4 Å². The van der Waals surface area contributed by atoms with Gasteiger partial charge in [-0.15, -0.1) is 11.3 Å². The SMILES string of the molecule is O=C(Nc1cccc(-c2cscn2)c1)C1CCN(C[C@H]2CC=CCC2)CC1. The summed E-state index contributed by atoms with van der Waals surface area (Å²) in [5, 5.41) is 5.15. The predicted octanol–water partition coefficient (Wildman–Crippen LogP) is 4.82. The molecule has 0 unspecified atom stereocenters. The van der Waals surface area contributed by atoms with Crippen molar-refractivity contribution in [1.29, 1.82) is 0 Å². The Bertz CT molecular complexity index is 779. The van der Waals surface area contributed by atoms with Crippen molar-refractivity contribution in [2.45, 2.75) is 32.1 Å². The van der Waals surface area contributed by atoms with Crippen molar-refractivity contribution < 1.29 is 4.79 Å². The van der Waals surface area contributed by atoms with Gasteiger partial charge in [0.25, 0.3) is 0 Å². The third-order valence-corrected chi connectivity index (χ3v) is 6.30. The summed E-state index contributed by atoms with van der Waals surface area (Å²) in [4.78, 5) is 19.6. The molecule has 4 nitrogen and oxygen atoms in total. The first-order valence-electron chi connectivity index (χ1n) is 9.95. The number of thiazole rings is 1. The first-order valence-corrected chi connectivity index (χ1v) is 10.9. The van der Waals surface area contributed by atoms with E-state index in [0.717, 1.165) is 48.8 Å². The van der Waals surface area contributed by atoms with Crippen LogP contribution in [0.1, 0.15) is 32.1 Å². The fourth-order valence-corrected chi connectivity index (χ4v) is 4.68. The van der Waals surface area contributed by atoms with Gasteiger partial charge in [0.2, 0.25) is 5.91 Å². The van der Waals surface area contributed by atoms with E-state index in [-0.39, 0.29) is 11.8 Å². The minimum Gasteiger partial charge on any atom is -0.326 e. The molecule has 1 aromatic carbocycles. The molecule has 1 amide bonds. The van der Waals surface area contributed by atoms with Crippen LogP contribution < -0.4 is 5.32 Å². The normalized spacial score (nSPS) is 21.3. The van der Waals surface area contributed by atoms with Crippen molar-refractivity contribution >= 4 is 22.9 Å². The van der Waals surface area contributed by atoms with Crippen molar-refractivity contribution in [1.82, 2.24) is 9.88 Å². The number of anilines is 1. The van der Waals surface area contributed by atoms with Gasteiger partial charge in [-0.1, -0.05) is 24.3 Å². The van der Waals surface area contributed by atoms with E-state index in [4.69, 9.17) is 0 Å². The fraction of sp³-hybridized carbons (Fsp3) is 0.455. The highest BCUT2D eigenvalue weighted by Gasteiger charge is 2.26. The third-order valence-electron chi connectivity index (χ3n) is 5.71. The molecule has 1 fully saturated rings. The molecule has 4 rings (SSSR count). The zero-order chi connectivity index (χ0) is 18.5. The van der Waals surface area contributed by atoms with Crippen LogP contribution in [0.5, 0.6) is 0 Å². The molecule has 142 valence electrons. The highest BCUT2D eigenvalue weighted by Crippen LogP contribution is 2.26. The lowest BCUT2D eigenvalue weighted by atomic mass is 9.91. The molecule has 1 atom stereocenters. The van der Waals surface area contributed by atoms with Gasteiger partial charge < -0.3 is 10.2 Å². The molecule has 1 aliphatic carbocycles. The van der Waals surface area contributed by atoms with Gasteiger partial charge in [-0.3, -0.25) is 4.79 Å². The van der Waals surface area contributed by atoms with Gasteiger partial charge in [0.1, 0.15) is 0 Å². The topological polar surface area (TPSA) is 45.2 Å². The Balaban J connectivity index is 1.28. The number of amides is 1. The number of nitrogens with zero attached hydrogens (tertiary/aromatic N) is 2. The quantitative estimate of drug-likeness (QED) is 0.756. The Morgan fingerprint density at radius 2 is 2.11 bits per heavy atom. The van der Waals surface area contributed by atoms with Crippen LogP contribution in [0.2, 0.25) is 0 Å². The van der Waals surface area contributed by atoms with Gasteiger partial charge in [-0.05, 0) is 63.2 Å². The number of hydrogen-bond acceptors (Lipinski definition) is 4. The minimum absolute atomic E-state index is 0.121. The second-order valence-electron chi connectivity index (χ2n) is 7.67. The lowest BCUT2D eigenvalue weighted by Crippen LogP contribution is -2.40. The standard InChI is InChI=1S/C22H27N3OS/c26-22(24-20-8-4-7-19(13-20)21-15-27-16-23-21)18-9-11-25(12-10-18)14-17-5-2-1-3-6-17/h1-2,4,7-8,13,15-18H,3,5-6,9-12,14H2,(H,24,26)/t17-/m0/s1. The van der Waals surface area contributed by atoms with E-state index in [0.29, 0.717) is 0 Å². The number of aromatic nitrogens is 1. The molecule has 2 aliphatic rings. The molecule has 0 saturated carbocycles. The average Bonchev–Trinajstić information content (AvgIpc) is 3.24. The summed E-state index contributed by atoms with van der Waals surface area (Å²) in [7, 11) is 0. The van der Waals surface area contributed by atoms with Crippen LogP contribution in [-0.4, -0.2) is 35.4 Å². The van der Waals surface area contributed by atoms with E-state index >= 15 is 0 Å². The van der Waals surface area contributed by atoms with Crippen LogP contribution in [0.25, 0.3) is 11.3 Å². The summed E-state index contributed by atoms with van der Waals surface area (Å²) in [5.74, 6) is 1.08. The maximum absolute atomic E-state index is 12.7. The first kappa shape index (κ1) is 18.4. The largest absolute Gasteiger partial charge is 0.326 e. The Hall–Kier alpha value is -1.98. The smallest absolute Gasteiger partial charge is 0.227 e. The number of likely N-dealkylation sites (tertiary alicyclic amines) is 1. The second kappa shape index (κ2) is 8.81. The van der Waals surface area contributed by atoms with E-state index < -0.39 is 0 Å². The number of allylic oxidation sites excluding steroid dienone is 2. The molecule has 1 aromatic heterocycles. The van der Waals surface area contributed by atoms with Gasteiger partial charge in [-0.2, -0.15) is 0 Å². The van der Waals surface area contributed by atoms with E-state index in [1.807, 2.05) is 35.2 Å². The lowest BCUT2D eigenvalue weighted by molar-refractivity contribution is -0.121.